The molecular weight excluding hydrogens is 510 g/mol. The summed E-state index contributed by atoms with van der Waals surface area (Å²) in [5.74, 6) is 0.127. The standard InChI is InChI=1S/C19H20F6N4O5S/c1-11-27-28-15(33-11)13-3-2-4-14(9-13)35(31,32)26-10-12-5-7-29(8-6-12)17(30)34-16(18(20,21)22)19(23,24)25/h2-4,9,12,16,26H,5-8,10H2,1H3. The number of hydrogen-bond donors (Lipinski definition) is 1. The third-order valence-electron chi connectivity index (χ3n) is 5.17. The first-order chi connectivity index (χ1) is 16.2. The van der Waals surface area contributed by atoms with Crippen LogP contribution in [0.25, 0.3) is 11.5 Å². The number of alkyl halides is 6. The number of aryl methyl sites for hydroxylation is 1. The first kappa shape index (κ1) is 26.7. The molecule has 0 atom stereocenters. The van der Waals surface area contributed by atoms with Crippen molar-refractivity contribution in [2.24, 2.45) is 5.92 Å². The summed E-state index contributed by atoms with van der Waals surface area (Å²) in [7, 11) is -3.96. The second-order valence-corrected chi connectivity index (χ2v) is 9.55. The van der Waals surface area contributed by atoms with Crippen LogP contribution in [0.3, 0.4) is 0 Å². The summed E-state index contributed by atoms with van der Waals surface area (Å²) in [6.45, 7) is 1.14. The van der Waals surface area contributed by atoms with E-state index in [1.54, 1.807) is 13.0 Å². The van der Waals surface area contributed by atoms with Crippen LogP contribution in [-0.4, -0.2) is 67.7 Å². The van der Waals surface area contributed by atoms with Gasteiger partial charge in [-0.3, -0.25) is 0 Å². The number of rotatable bonds is 6. The lowest BCUT2D eigenvalue weighted by atomic mass is 9.97. The average Bonchev–Trinajstić information content (AvgIpc) is 3.21. The highest BCUT2D eigenvalue weighted by molar-refractivity contribution is 7.89. The van der Waals surface area contributed by atoms with E-state index in [1.165, 1.54) is 18.2 Å². The van der Waals surface area contributed by atoms with E-state index in [2.05, 4.69) is 19.7 Å². The number of ether oxygens (including phenoxy) is 1. The molecule has 1 aromatic carbocycles. The summed E-state index contributed by atoms with van der Waals surface area (Å²) < 4.78 is 112. The minimum atomic E-state index is -5.80. The second kappa shape index (κ2) is 10.0. The van der Waals surface area contributed by atoms with Crippen LogP contribution in [0.1, 0.15) is 18.7 Å². The lowest BCUT2D eigenvalue weighted by Gasteiger charge is -2.33. The third kappa shape index (κ3) is 6.84. The quantitative estimate of drug-likeness (QED) is 0.567. The third-order valence-corrected chi connectivity index (χ3v) is 6.59. The zero-order valence-electron chi connectivity index (χ0n) is 18.1. The van der Waals surface area contributed by atoms with Gasteiger partial charge in [-0.15, -0.1) is 10.2 Å². The minimum Gasteiger partial charge on any atom is -0.426 e. The Morgan fingerprint density at radius 2 is 1.80 bits per heavy atom. The summed E-state index contributed by atoms with van der Waals surface area (Å²) >= 11 is 0. The van der Waals surface area contributed by atoms with Gasteiger partial charge in [0.1, 0.15) is 0 Å². The number of nitrogens with one attached hydrogen (secondary N) is 1. The van der Waals surface area contributed by atoms with Gasteiger partial charge in [-0.25, -0.2) is 17.9 Å². The van der Waals surface area contributed by atoms with Crippen LogP contribution in [0.15, 0.2) is 33.6 Å². The van der Waals surface area contributed by atoms with Crippen molar-refractivity contribution >= 4 is 16.1 Å². The van der Waals surface area contributed by atoms with Crippen LogP contribution in [0, 0.1) is 12.8 Å². The molecule has 35 heavy (non-hydrogen) atoms. The molecule has 0 unspecified atom stereocenters. The van der Waals surface area contributed by atoms with E-state index in [0.717, 1.165) is 4.90 Å². The lowest BCUT2D eigenvalue weighted by molar-refractivity contribution is -0.308. The van der Waals surface area contributed by atoms with Gasteiger partial charge < -0.3 is 14.1 Å². The first-order valence-corrected chi connectivity index (χ1v) is 11.6. The number of aromatic nitrogens is 2. The van der Waals surface area contributed by atoms with Crippen LogP contribution in [0.4, 0.5) is 31.1 Å². The Morgan fingerprint density at radius 1 is 1.17 bits per heavy atom. The molecule has 1 aromatic heterocycles. The van der Waals surface area contributed by atoms with Crippen molar-refractivity contribution in [1.82, 2.24) is 19.8 Å². The summed E-state index contributed by atoms with van der Waals surface area (Å²) in [5.41, 5.74) is 0.385. The average molecular weight is 530 g/mol. The largest absolute Gasteiger partial charge is 0.434 e. The van der Waals surface area contributed by atoms with E-state index in [1.807, 2.05) is 0 Å². The van der Waals surface area contributed by atoms with Gasteiger partial charge in [0.05, 0.1) is 4.90 Å². The summed E-state index contributed by atoms with van der Waals surface area (Å²) in [5, 5.41) is 7.51. The first-order valence-electron chi connectivity index (χ1n) is 10.2. The molecule has 1 amide bonds. The molecule has 0 aliphatic carbocycles. The van der Waals surface area contributed by atoms with Crippen molar-refractivity contribution in [1.29, 1.82) is 0 Å². The van der Waals surface area contributed by atoms with E-state index < -0.39 is 34.6 Å². The number of sulfonamides is 1. The summed E-state index contributed by atoms with van der Waals surface area (Å²) in [6, 6.07) is 5.77. The number of benzene rings is 1. The molecule has 194 valence electrons. The topological polar surface area (TPSA) is 115 Å². The van der Waals surface area contributed by atoms with Crippen molar-refractivity contribution in [3.05, 3.63) is 30.2 Å². The fourth-order valence-corrected chi connectivity index (χ4v) is 4.50. The predicted molar refractivity (Wildman–Crippen MR) is 106 cm³/mol. The van der Waals surface area contributed by atoms with Gasteiger partial charge in [0.25, 0.3) is 6.10 Å². The van der Waals surface area contributed by atoms with Gasteiger partial charge in [0.15, 0.2) is 0 Å². The number of amides is 1. The summed E-state index contributed by atoms with van der Waals surface area (Å²) in [4.78, 5) is 12.5. The fraction of sp³-hybridized carbons (Fsp3) is 0.526. The van der Waals surface area contributed by atoms with E-state index in [4.69, 9.17) is 4.42 Å². The Bertz CT molecular complexity index is 1130. The van der Waals surface area contributed by atoms with E-state index in [0.29, 0.717) is 11.5 Å². The highest BCUT2D eigenvalue weighted by atomic mass is 32.2. The van der Waals surface area contributed by atoms with Gasteiger partial charge in [-0.2, -0.15) is 26.3 Å². The molecule has 2 heterocycles. The van der Waals surface area contributed by atoms with Crippen LogP contribution >= 0.6 is 0 Å². The molecule has 0 bridgehead atoms. The summed E-state index contributed by atoms with van der Waals surface area (Å²) in [6.07, 6.45) is -17.3. The van der Waals surface area contributed by atoms with Gasteiger partial charge in [-0.1, -0.05) is 6.07 Å². The molecule has 3 rings (SSSR count). The van der Waals surface area contributed by atoms with Crippen molar-refractivity contribution < 1.29 is 48.7 Å². The number of halogens is 6. The van der Waals surface area contributed by atoms with Crippen LogP contribution in [-0.2, 0) is 14.8 Å². The predicted octanol–water partition coefficient (Wildman–Crippen LogP) is 3.67. The number of nitrogens with zero attached hydrogens (tertiary/aromatic N) is 3. The maximum absolute atomic E-state index is 12.7. The van der Waals surface area contributed by atoms with Crippen molar-refractivity contribution in [2.45, 2.75) is 43.1 Å². The van der Waals surface area contributed by atoms with E-state index in [9.17, 15) is 39.6 Å². The molecule has 1 aliphatic heterocycles. The SMILES string of the molecule is Cc1nnc(-c2cccc(S(=O)(=O)NCC3CCN(C(=O)OC(C(F)(F)F)C(F)(F)F)CC3)c2)o1. The van der Waals surface area contributed by atoms with Crippen molar-refractivity contribution in [3.8, 4) is 11.5 Å². The zero-order chi connectivity index (χ0) is 26.0. The monoisotopic (exact) mass is 530 g/mol. The van der Waals surface area contributed by atoms with Crippen molar-refractivity contribution in [2.75, 3.05) is 19.6 Å². The minimum absolute atomic E-state index is 0.0527. The second-order valence-electron chi connectivity index (χ2n) is 7.78. The van der Waals surface area contributed by atoms with Crippen LogP contribution in [0.5, 0.6) is 0 Å². The fourth-order valence-electron chi connectivity index (χ4n) is 3.33. The molecule has 0 spiro atoms. The highest BCUT2D eigenvalue weighted by Gasteiger charge is 2.60. The highest BCUT2D eigenvalue weighted by Crippen LogP contribution is 2.36. The van der Waals surface area contributed by atoms with E-state index in [-0.39, 0.29) is 49.2 Å². The molecule has 0 saturated carbocycles. The molecule has 1 aliphatic rings. The molecule has 2 aromatic rings. The van der Waals surface area contributed by atoms with Gasteiger partial charge in [0, 0.05) is 32.1 Å². The Kier molecular flexibility index (Phi) is 7.64. The van der Waals surface area contributed by atoms with Crippen LogP contribution in [0.2, 0.25) is 0 Å². The van der Waals surface area contributed by atoms with Gasteiger partial charge in [-0.05, 0) is 37.0 Å². The molecule has 0 radical (unpaired) electrons. The smallest absolute Gasteiger partial charge is 0.426 e. The van der Waals surface area contributed by atoms with Crippen LogP contribution < -0.4 is 4.72 Å². The Morgan fingerprint density at radius 3 is 2.34 bits per heavy atom. The number of carbonyl (C=O) groups excluding carboxylic acids is 1. The lowest BCUT2D eigenvalue weighted by Crippen LogP contribution is -2.49. The molecule has 1 fully saturated rings. The number of likely N-dealkylation sites (tertiary alicyclic amines) is 1. The van der Waals surface area contributed by atoms with Gasteiger partial charge in [0.2, 0.25) is 21.8 Å². The normalized spacial score (nSPS) is 16.1. The molecule has 1 saturated heterocycles. The van der Waals surface area contributed by atoms with E-state index >= 15 is 0 Å². The maximum Gasteiger partial charge on any atom is 0.434 e. The number of hydrogen-bond acceptors (Lipinski definition) is 7. The Hall–Kier alpha value is -2.88. The maximum atomic E-state index is 12.7. The number of piperidine rings is 1. The van der Waals surface area contributed by atoms with Crippen molar-refractivity contribution in [3.63, 3.8) is 0 Å². The zero-order valence-corrected chi connectivity index (χ0v) is 18.9. The molecular formula is C19H20F6N4O5S. The van der Waals surface area contributed by atoms with Gasteiger partial charge >= 0.3 is 18.4 Å². The Balaban J connectivity index is 1.54. The molecule has 1 N–H and O–H groups in total. The molecule has 9 nitrogen and oxygen atoms in total. The molecule has 16 heteroatoms. The Labute approximate surface area is 195 Å². The number of carbonyl (C=O) groups is 1.